The molecule has 1 saturated heterocycles. The molecule has 3 heterocycles. The standard InChI is InChI=1S/C17H21N3/c1-20-8-4-12(5-9-20)17-15-11-16-14(3-6-18-16)10-13(15)2-7-19-17/h2,7,10-12,18H,3-6,8-9H2,1H3. The number of aromatic nitrogens is 1. The molecule has 1 N–H and O–H groups in total. The Bertz CT molecular complexity index is 642. The molecular weight excluding hydrogens is 246 g/mol. The van der Waals surface area contributed by atoms with Gasteiger partial charge in [0.1, 0.15) is 0 Å². The lowest BCUT2D eigenvalue weighted by Gasteiger charge is -2.29. The second-order valence-electron chi connectivity index (χ2n) is 6.18. The summed E-state index contributed by atoms with van der Waals surface area (Å²) in [5, 5.41) is 6.21. The van der Waals surface area contributed by atoms with Gasteiger partial charge < -0.3 is 10.2 Å². The summed E-state index contributed by atoms with van der Waals surface area (Å²) in [6.07, 6.45) is 5.60. The SMILES string of the molecule is CN1CCC(c2nccc3cc4c(cc23)NCC4)CC1. The van der Waals surface area contributed by atoms with E-state index >= 15 is 0 Å². The van der Waals surface area contributed by atoms with Crippen LogP contribution in [0.5, 0.6) is 0 Å². The van der Waals surface area contributed by atoms with Gasteiger partial charge in [0.15, 0.2) is 0 Å². The Hall–Kier alpha value is -1.61. The number of anilines is 1. The molecule has 3 nitrogen and oxygen atoms in total. The number of nitrogens with zero attached hydrogens (tertiary/aromatic N) is 2. The first-order valence-corrected chi connectivity index (χ1v) is 7.65. The van der Waals surface area contributed by atoms with Crippen LogP contribution in [0.2, 0.25) is 0 Å². The molecular formula is C17H21N3. The zero-order chi connectivity index (χ0) is 13.5. The quantitative estimate of drug-likeness (QED) is 0.861. The predicted molar refractivity (Wildman–Crippen MR) is 83.4 cm³/mol. The van der Waals surface area contributed by atoms with Crippen molar-refractivity contribution in [3.63, 3.8) is 0 Å². The van der Waals surface area contributed by atoms with Gasteiger partial charge in [-0.2, -0.15) is 0 Å². The van der Waals surface area contributed by atoms with Gasteiger partial charge in [-0.1, -0.05) is 0 Å². The second kappa shape index (κ2) is 4.74. The maximum absolute atomic E-state index is 4.73. The summed E-state index contributed by atoms with van der Waals surface area (Å²) in [6, 6.07) is 6.84. The van der Waals surface area contributed by atoms with Gasteiger partial charge in [0.25, 0.3) is 0 Å². The highest BCUT2D eigenvalue weighted by atomic mass is 15.1. The number of likely N-dealkylation sites (tertiary alicyclic amines) is 1. The Morgan fingerprint density at radius 2 is 2.10 bits per heavy atom. The van der Waals surface area contributed by atoms with Gasteiger partial charge in [0.05, 0.1) is 5.69 Å². The van der Waals surface area contributed by atoms with Crippen molar-refractivity contribution in [2.45, 2.75) is 25.2 Å². The van der Waals surface area contributed by atoms with E-state index in [0.717, 1.165) is 13.0 Å². The van der Waals surface area contributed by atoms with E-state index in [9.17, 15) is 0 Å². The minimum atomic E-state index is 0.620. The van der Waals surface area contributed by atoms with Crippen molar-refractivity contribution in [2.75, 3.05) is 32.0 Å². The van der Waals surface area contributed by atoms with Crippen LogP contribution in [0, 0.1) is 0 Å². The van der Waals surface area contributed by atoms with Crippen molar-refractivity contribution >= 4 is 16.5 Å². The fourth-order valence-corrected chi connectivity index (χ4v) is 3.60. The molecule has 1 aromatic carbocycles. The molecule has 1 aromatic heterocycles. The molecule has 20 heavy (non-hydrogen) atoms. The van der Waals surface area contributed by atoms with E-state index in [0.29, 0.717) is 5.92 Å². The number of hydrogen-bond donors (Lipinski definition) is 1. The number of benzene rings is 1. The largest absolute Gasteiger partial charge is 0.384 e. The van der Waals surface area contributed by atoms with Crippen LogP contribution >= 0.6 is 0 Å². The van der Waals surface area contributed by atoms with Crippen molar-refractivity contribution in [2.24, 2.45) is 0 Å². The zero-order valence-electron chi connectivity index (χ0n) is 12.0. The maximum Gasteiger partial charge on any atom is 0.0514 e. The second-order valence-corrected chi connectivity index (χ2v) is 6.18. The fraction of sp³-hybridized carbons (Fsp3) is 0.471. The molecule has 0 saturated carbocycles. The van der Waals surface area contributed by atoms with E-state index in [-0.39, 0.29) is 0 Å². The molecule has 3 heteroatoms. The van der Waals surface area contributed by atoms with Gasteiger partial charge >= 0.3 is 0 Å². The highest BCUT2D eigenvalue weighted by Gasteiger charge is 2.22. The third kappa shape index (κ3) is 1.97. The third-order valence-electron chi connectivity index (χ3n) is 4.83. The van der Waals surface area contributed by atoms with Crippen LogP contribution < -0.4 is 5.32 Å². The van der Waals surface area contributed by atoms with Crippen LogP contribution in [0.1, 0.15) is 30.0 Å². The van der Waals surface area contributed by atoms with Crippen LogP contribution in [0.25, 0.3) is 10.8 Å². The van der Waals surface area contributed by atoms with Gasteiger partial charge in [-0.05, 0) is 68.5 Å². The number of rotatable bonds is 1. The minimum absolute atomic E-state index is 0.620. The first-order valence-electron chi connectivity index (χ1n) is 7.65. The van der Waals surface area contributed by atoms with Crippen molar-refractivity contribution in [3.05, 3.63) is 35.7 Å². The number of nitrogens with one attached hydrogen (secondary N) is 1. The number of pyridine rings is 1. The van der Waals surface area contributed by atoms with Crippen molar-refractivity contribution < 1.29 is 0 Å². The van der Waals surface area contributed by atoms with Crippen LogP contribution in [0.15, 0.2) is 24.4 Å². The van der Waals surface area contributed by atoms with Crippen LogP contribution in [-0.2, 0) is 6.42 Å². The molecule has 0 aliphatic carbocycles. The summed E-state index contributed by atoms with van der Waals surface area (Å²) in [5.41, 5.74) is 4.09. The molecule has 0 spiro atoms. The number of piperidine rings is 1. The highest BCUT2D eigenvalue weighted by molar-refractivity contribution is 5.90. The van der Waals surface area contributed by atoms with Crippen molar-refractivity contribution in [1.82, 2.24) is 9.88 Å². The van der Waals surface area contributed by atoms with Crippen molar-refractivity contribution in [3.8, 4) is 0 Å². The molecule has 1 fully saturated rings. The van der Waals surface area contributed by atoms with Crippen LogP contribution in [0.4, 0.5) is 5.69 Å². The monoisotopic (exact) mass is 267 g/mol. The third-order valence-corrected chi connectivity index (χ3v) is 4.83. The molecule has 104 valence electrons. The smallest absolute Gasteiger partial charge is 0.0514 e. The summed E-state index contributed by atoms with van der Waals surface area (Å²) in [5.74, 6) is 0.620. The van der Waals surface area contributed by atoms with Gasteiger partial charge in [-0.25, -0.2) is 0 Å². The lowest BCUT2D eigenvalue weighted by molar-refractivity contribution is 0.254. The molecule has 2 aromatic rings. The average Bonchev–Trinajstić information content (AvgIpc) is 2.92. The molecule has 4 rings (SSSR count). The molecule has 0 amide bonds. The van der Waals surface area contributed by atoms with E-state index in [2.05, 4.69) is 35.5 Å². The molecule has 0 unspecified atom stereocenters. The van der Waals surface area contributed by atoms with Crippen molar-refractivity contribution in [1.29, 1.82) is 0 Å². The summed E-state index contributed by atoms with van der Waals surface area (Å²) in [6.45, 7) is 3.44. The summed E-state index contributed by atoms with van der Waals surface area (Å²) in [7, 11) is 2.21. The Labute approximate surface area is 120 Å². The van der Waals surface area contributed by atoms with Gasteiger partial charge in [-0.15, -0.1) is 0 Å². The number of fused-ring (bicyclic) bond motifs is 2. The zero-order valence-corrected chi connectivity index (χ0v) is 12.0. The summed E-state index contributed by atoms with van der Waals surface area (Å²) >= 11 is 0. The highest BCUT2D eigenvalue weighted by Crippen LogP contribution is 2.35. The van der Waals surface area contributed by atoms with E-state index in [4.69, 9.17) is 4.98 Å². The molecule has 2 aliphatic heterocycles. The van der Waals surface area contributed by atoms with Crippen LogP contribution in [-0.4, -0.2) is 36.6 Å². The first-order chi connectivity index (χ1) is 9.81. The molecule has 0 radical (unpaired) electrons. The Morgan fingerprint density at radius 1 is 1.25 bits per heavy atom. The number of hydrogen-bond acceptors (Lipinski definition) is 3. The Balaban J connectivity index is 1.79. The Morgan fingerprint density at radius 3 is 2.95 bits per heavy atom. The lowest BCUT2D eigenvalue weighted by atomic mass is 9.90. The average molecular weight is 267 g/mol. The van der Waals surface area contributed by atoms with E-state index in [1.165, 1.54) is 53.6 Å². The van der Waals surface area contributed by atoms with Gasteiger partial charge in [-0.3, -0.25) is 4.98 Å². The van der Waals surface area contributed by atoms with E-state index in [1.807, 2.05) is 6.20 Å². The van der Waals surface area contributed by atoms with E-state index in [1.54, 1.807) is 0 Å². The minimum Gasteiger partial charge on any atom is -0.384 e. The van der Waals surface area contributed by atoms with E-state index < -0.39 is 0 Å². The fourth-order valence-electron chi connectivity index (χ4n) is 3.60. The van der Waals surface area contributed by atoms with Crippen LogP contribution in [0.3, 0.4) is 0 Å². The first kappa shape index (κ1) is 12.2. The lowest BCUT2D eigenvalue weighted by Crippen LogP contribution is -2.29. The maximum atomic E-state index is 4.73. The molecule has 2 aliphatic rings. The predicted octanol–water partition coefficient (Wildman–Crippen LogP) is 3.01. The van der Waals surface area contributed by atoms with Gasteiger partial charge in [0, 0.05) is 29.7 Å². The molecule has 0 atom stereocenters. The Kier molecular flexibility index (Phi) is 2.88. The topological polar surface area (TPSA) is 28.2 Å². The summed E-state index contributed by atoms with van der Waals surface area (Å²) in [4.78, 5) is 7.15. The normalized spacial score (nSPS) is 20.1. The summed E-state index contributed by atoms with van der Waals surface area (Å²) < 4.78 is 0. The van der Waals surface area contributed by atoms with Gasteiger partial charge in [0.2, 0.25) is 0 Å². The molecule has 0 bridgehead atoms.